The van der Waals surface area contributed by atoms with Crippen molar-refractivity contribution in [1.29, 1.82) is 0 Å². The minimum absolute atomic E-state index is 0.138. The lowest BCUT2D eigenvalue weighted by atomic mass is 10.00. The molecule has 1 aromatic heterocycles. The van der Waals surface area contributed by atoms with Gasteiger partial charge in [0.1, 0.15) is 0 Å². The second-order valence-corrected chi connectivity index (χ2v) is 4.26. The molecular weight excluding hydrogens is 170 g/mol. The van der Waals surface area contributed by atoms with Crippen molar-refractivity contribution in [2.75, 3.05) is 6.54 Å². The molecule has 0 aliphatic heterocycles. The van der Waals surface area contributed by atoms with E-state index in [9.17, 15) is 5.11 Å². The first kappa shape index (κ1) is 9.71. The lowest BCUT2D eigenvalue weighted by molar-refractivity contribution is 0.122. The van der Waals surface area contributed by atoms with Crippen LogP contribution in [0, 0.1) is 12.8 Å². The maximum absolute atomic E-state index is 9.73. The fourth-order valence-electron chi connectivity index (χ4n) is 1.08. The molecule has 2 unspecified atom stereocenters. The van der Waals surface area contributed by atoms with Crippen LogP contribution in [0.15, 0.2) is 11.4 Å². The fraction of sp³-hybridized carbons (Fsp3) is 0.556. The summed E-state index contributed by atoms with van der Waals surface area (Å²) in [5, 5.41) is 11.7. The number of hydrogen-bond acceptors (Lipinski definition) is 3. The van der Waals surface area contributed by atoms with Crippen molar-refractivity contribution >= 4 is 11.3 Å². The van der Waals surface area contributed by atoms with E-state index in [1.54, 1.807) is 11.3 Å². The van der Waals surface area contributed by atoms with E-state index in [2.05, 4.69) is 0 Å². The molecule has 68 valence electrons. The molecule has 0 amide bonds. The number of rotatable bonds is 3. The summed E-state index contributed by atoms with van der Waals surface area (Å²) in [6.45, 7) is 4.52. The molecule has 0 radical (unpaired) electrons. The molecule has 3 heteroatoms. The smallest absolute Gasteiger partial charge is 0.0835 e. The van der Waals surface area contributed by atoms with Gasteiger partial charge in [-0.05, 0) is 36.4 Å². The van der Waals surface area contributed by atoms with Crippen molar-refractivity contribution < 1.29 is 5.11 Å². The molecule has 1 heterocycles. The molecule has 0 aromatic carbocycles. The predicted molar refractivity (Wildman–Crippen MR) is 52.2 cm³/mol. The maximum Gasteiger partial charge on any atom is 0.0835 e. The zero-order valence-electron chi connectivity index (χ0n) is 7.45. The third-order valence-corrected chi connectivity index (χ3v) is 2.88. The summed E-state index contributed by atoms with van der Waals surface area (Å²) in [6, 6.07) is 2.02. The topological polar surface area (TPSA) is 46.2 Å². The van der Waals surface area contributed by atoms with Crippen LogP contribution in [0.3, 0.4) is 0 Å². The number of thiophene rings is 1. The molecule has 0 aliphatic rings. The van der Waals surface area contributed by atoms with E-state index in [4.69, 9.17) is 5.73 Å². The van der Waals surface area contributed by atoms with Gasteiger partial charge in [0.25, 0.3) is 0 Å². The molecule has 0 saturated heterocycles. The van der Waals surface area contributed by atoms with Crippen LogP contribution in [0.4, 0.5) is 0 Å². The first-order valence-electron chi connectivity index (χ1n) is 4.08. The molecule has 2 nitrogen and oxygen atoms in total. The molecule has 0 aliphatic carbocycles. The number of aliphatic hydroxyl groups is 1. The largest absolute Gasteiger partial charge is 0.388 e. The molecule has 1 rings (SSSR count). The van der Waals surface area contributed by atoms with Crippen LogP contribution >= 0.6 is 11.3 Å². The van der Waals surface area contributed by atoms with Crippen molar-refractivity contribution in [2.24, 2.45) is 11.7 Å². The molecule has 3 N–H and O–H groups in total. The van der Waals surface area contributed by atoms with Crippen LogP contribution in [0.1, 0.15) is 23.5 Å². The molecule has 0 bridgehead atoms. The Bertz CT molecular complexity index is 246. The number of aliphatic hydroxyl groups excluding tert-OH is 1. The molecule has 0 spiro atoms. The SMILES string of the molecule is Cc1cc(C(O)C(C)CN)cs1. The summed E-state index contributed by atoms with van der Waals surface area (Å²) >= 11 is 1.66. The normalized spacial score (nSPS) is 16.0. The van der Waals surface area contributed by atoms with E-state index in [1.807, 2.05) is 25.3 Å². The van der Waals surface area contributed by atoms with E-state index < -0.39 is 6.10 Å². The Hall–Kier alpha value is -0.380. The van der Waals surface area contributed by atoms with Gasteiger partial charge in [-0.25, -0.2) is 0 Å². The van der Waals surface area contributed by atoms with Crippen LogP contribution in [0.25, 0.3) is 0 Å². The highest BCUT2D eigenvalue weighted by Crippen LogP contribution is 2.25. The first-order valence-corrected chi connectivity index (χ1v) is 4.96. The van der Waals surface area contributed by atoms with Crippen molar-refractivity contribution in [3.05, 3.63) is 21.9 Å². The van der Waals surface area contributed by atoms with Gasteiger partial charge >= 0.3 is 0 Å². The summed E-state index contributed by atoms with van der Waals surface area (Å²) in [5.74, 6) is 0.138. The summed E-state index contributed by atoms with van der Waals surface area (Å²) in [6.07, 6.45) is -0.403. The standard InChI is InChI=1S/C9H15NOS/c1-6(4-10)9(11)8-3-7(2)12-5-8/h3,5-6,9,11H,4,10H2,1-2H3. The Morgan fingerprint density at radius 2 is 2.33 bits per heavy atom. The molecule has 2 atom stereocenters. The van der Waals surface area contributed by atoms with Crippen LogP contribution in [0.5, 0.6) is 0 Å². The second-order valence-electron chi connectivity index (χ2n) is 3.15. The third-order valence-electron chi connectivity index (χ3n) is 2.00. The van der Waals surface area contributed by atoms with Gasteiger partial charge in [-0.3, -0.25) is 0 Å². The van der Waals surface area contributed by atoms with Crippen LogP contribution in [-0.2, 0) is 0 Å². The van der Waals surface area contributed by atoms with Crippen molar-refractivity contribution in [3.63, 3.8) is 0 Å². The van der Waals surface area contributed by atoms with Crippen molar-refractivity contribution in [3.8, 4) is 0 Å². The Morgan fingerprint density at radius 3 is 2.75 bits per heavy atom. The molecule has 0 saturated carbocycles. The zero-order valence-corrected chi connectivity index (χ0v) is 8.27. The monoisotopic (exact) mass is 185 g/mol. The zero-order chi connectivity index (χ0) is 9.14. The second kappa shape index (κ2) is 4.03. The molecular formula is C9H15NOS. The van der Waals surface area contributed by atoms with Gasteiger partial charge in [0.2, 0.25) is 0 Å². The van der Waals surface area contributed by atoms with E-state index in [1.165, 1.54) is 4.88 Å². The van der Waals surface area contributed by atoms with Gasteiger partial charge in [0.05, 0.1) is 6.10 Å². The average Bonchev–Trinajstić information content (AvgIpc) is 2.49. The van der Waals surface area contributed by atoms with E-state index in [0.29, 0.717) is 6.54 Å². The van der Waals surface area contributed by atoms with Crippen LogP contribution in [-0.4, -0.2) is 11.7 Å². The Kier molecular flexibility index (Phi) is 3.26. The number of aryl methyl sites for hydroxylation is 1. The average molecular weight is 185 g/mol. The Balaban J connectivity index is 2.70. The minimum atomic E-state index is -0.403. The molecule has 1 aromatic rings. The lowest BCUT2D eigenvalue weighted by Crippen LogP contribution is -2.18. The van der Waals surface area contributed by atoms with E-state index >= 15 is 0 Å². The quantitative estimate of drug-likeness (QED) is 0.752. The minimum Gasteiger partial charge on any atom is -0.388 e. The highest BCUT2D eigenvalue weighted by atomic mass is 32.1. The van der Waals surface area contributed by atoms with E-state index in [-0.39, 0.29) is 5.92 Å². The molecule has 0 fully saturated rings. The Morgan fingerprint density at radius 1 is 1.67 bits per heavy atom. The highest BCUT2D eigenvalue weighted by Gasteiger charge is 2.15. The van der Waals surface area contributed by atoms with Gasteiger partial charge in [0, 0.05) is 4.88 Å². The van der Waals surface area contributed by atoms with Crippen LogP contribution < -0.4 is 5.73 Å². The first-order chi connectivity index (χ1) is 5.65. The number of nitrogens with two attached hydrogens (primary N) is 1. The highest BCUT2D eigenvalue weighted by molar-refractivity contribution is 7.10. The maximum atomic E-state index is 9.73. The van der Waals surface area contributed by atoms with Crippen molar-refractivity contribution in [1.82, 2.24) is 0 Å². The van der Waals surface area contributed by atoms with Gasteiger partial charge in [0.15, 0.2) is 0 Å². The Labute approximate surface area is 77.0 Å². The van der Waals surface area contributed by atoms with E-state index in [0.717, 1.165) is 5.56 Å². The molecule has 12 heavy (non-hydrogen) atoms. The summed E-state index contributed by atoms with van der Waals surface area (Å²) in [7, 11) is 0. The lowest BCUT2D eigenvalue weighted by Gasteiger charge is -2.15. The third kappa shape index (κ3) is 2.06. The fourth-order valence-corrected chi connectivity index (χ4v) is 1.81. The predicted octanol–water partition coefficient (Wildman–Crippen LogP) is 1.68. The van der Waals surface area contributed by atoms with Crippen LogP contribution in [0.2, 0.25) is 0 Å². The number of hydrogen-bond donors (Lipinski definition) is 2. The van der Waals surface area contributed by atoms with Gasteiger partial charge in [-0.2, -0.15) is 0 Å². The van der Waals surface area contributed by atoms with Gasteiger partial charge < -0.3 is 10.8 Å². The van der Waals surface area contributed by atoms with Gasteiger partial charge in [-0.1, -0.05) is 6.92 Å². The van der Waals surface area contributed by atoms with Crippen molar-refractivity contribution in [2.45, 2.75) is 20.0 Å². The summed E-state index contributed by atoms with van der Waals surface area (Å²) in [4.78, 5) is 1.23. The summed E-state index contributed by atoms with van der Waals surface area (Å²) in [5.41, 5.74) is 6.46. The summed E-state index contributed by atoms with van der Waals surface area (Å²) < 4.78 is 0. The van der Waals surface area contributed by atoms with Gasteiger partial charge in [-0.15, -0.1) is 11.3 Å².